The summed E-state index contributed by atoms with van der Waals surface area (Å²) in [5.74, 6) is 0.656. The van der Waals surface area contributed by atoms with Crippen molar-refractivity contribution in [3.63, 3.8) is 0 Å². The smallest absolute Gasteiger partial charge is 0.225 e. The third-order valence-electron chi connectivity index (χ3n) is 5.57. The maximum Gasteiger partial charge on any atom is 0.225 e. The van der Waals surface area contributed by atoms with E-state index in [2.05, 4.69) is 78.7 Å². The molecule has 4 nitrogen and oxygen atoms in total. The first-order chi connectivity index (χ1) is 15.9. The van der Waals surface area contributed by atoms with Gasteiger partial charge in [0.05, 0.1) is 11.4 Å². The number of hydrogen-bond donors (Lipinski definition) is 2. The SMILES string of the molecule is Cc1ccc(-c2nc(SCCC(=O)Nc3ccc(C)cc3C)[nH]c2-c2ccc(C)cc2)cc1. The summed E-state index contributed by atoms with van der Waals surface area (Å²) in [6.07, 6.45) is 0.415. The molecule has 0 saturated heterocycles. The maximum atomic E-state index is 12.5. The van der Waals surface area contributed by atoms with Crippen molar-refractivity contribution in [3.8, 4) is 22.5 Å². The van der Waals surface area contributed by atoms with Gasteiger partial charge in [0.2, 0.25) is 5.91 Å². The molecule has 0 radical (unpaired) electrons. The van der Waals surface area contributed by atoms with Crippen LogP contribution in [0.2, 0.25) is 0 Å². The fourth-order valence-electron chi connectivity index (χ4n) is 3.68. The minimum Gasteiger partial charge on any atom is -0.332 e. The van der Waals surface area contributed by atoms with Gasteiger partial charge in [0.15, 0.2) is 5.16 Å². The Labute approximate surface area is 199 Å². The van der Waals surface area contributed by atoms with Crippen LogP contribution in [0.25, 0.3) is 22.5 Å². The third-order valence-corrected chi connectivity index (χ3v) is 6.45. The minimum atomic E-state index is 0.0125. The van der Waals surface area contributed by atoms with E-state index in [1.165, 1.54) is 16.7 Å². The van der Waals surface area contributed by atoms with Crippen LogP contribution in [-0.2, 0) is 4.79 Å². The molecule has 0 atom stereocenters. The summed E-state index contributed by atoms with van der Waals surface area (Å²) in [7, 11) is 0. The van der Waals surface area contributed by atoms with Gasteiger partial charge in [0.25, 0.3) is 0 Å². The van der Waals surface area contributed by atoms with Gasteiger partial charge in [-0.1, -0.05) is 89.1 Å². The molecule has 1 heterocycles. The first kappa shape index (κ1) is 22.9. The number of thioether (sulfide) groups is 1. The van der Waals surface area contributed by atoms with E-state index in [4.69, 9.17) is 4.98 Å². The molecular formula is C28H29N3OS. The summed E-state index contributed by atoms with van der Waals surface area (Å²) in [6, 6.07) is 22.9. The topological polar surface area (TPSA) is 57.8 Å². The van der Waals surface area contributed by atoms with Gasteiger partial charge in [-0.15, -0.1) is 0 Å². The molecule has 0 aliphatic carbocycles. The number of imidazole rings is 1. The van der Waals surface area contributed by atoms with Crippen molar-refractivity contribution in [2.24, 2.45) is 0 Å². The fraction of sp³-hybridized carbons (Fsp3) is 0.214. The number of aromatic amines is 1. The van der Waals surface area contributed by atoms with Crippen LogP contribution >= 0.6 is 11.8 Å². The van der Waals surface area contributed by atoms with E-state index >= 15 is 0 Å². The van der Waals surface area contributed by atoms with E-state index in [-0.39, 0.29) is 5.91 Å². The highest BCUT2D eigenvalue weighted by Crippen LogP contribution is 2.33. The number of nitrogens with one attached hydrogen (secondary N) is 2. The van der Waals surface area contributed by atoms with E-state index in [0.29, 0.717) is 12.2 Å². The number of aryl methyl sites for hydroxylation is 4. The molecule has 5 heteroatoms. The fourth-order valence-corrected chi connectivity index (χ4v) is 4.49. The molecule has 0 saturated carbocycles. The van der Waals surface area contributed by atoms with Crippen molar-refractivity contribution >= 4 is 23.4 Å². The van der Waals surface area contributed by atoms with Gasteiger partial charge in [-0.25, -0.2) is 4.98 Å². The molecule has 1 amide bonds. The highest BCUT2D eigenvalue weighted by molar-refractivity contribution is 7.99. The second kappa shape index (κ2) is 10.1. The molecule has 4 rings (SSSR count). The van der Waals surface area contributed by atoms with Gasteiger partial charge in [-0.2, -0.15) is 0 Å². The molecular weight excluding hydrogens is 426 g/mol. The van der Waals surface area contributed by atoms with Gasteiger partial charge < -0.3 is 10.3 Å². The van der Waals surface area contributed by atoms with Crippen molar-refractivity contribution in [2.45, 2.75) is 39.3 Å². The summed E-state index contributed by atoms with van der Waals surface area (Å²) in [6.45, 7) is 8.23. The number of benzene rings is 3. The van der Waals surface area contributed by atoms with Crippen LogP contribution in [-0.4, -0.2) is 21.6 Å². The predicted molar refractivity (Wildman–Crippen MR) is 139 cm³/mol. The first-order valence-electron chi connectivity index (χ1n) is 11.1. The summed E-state index contributed by atoms with van der Waals surface area (Å²) >= 11 is 1.57. The number of carbonyl (C=O) groups excluding carboxylic acids is 1. The van der Waals surface area contributed by atoms with Gasteiger partial charge in [-0.3, -0.25) is 4.79 Å². The van der Waals surface area contributed by atoms with Crippen molar-refractivity contribution in [1.29, 1.82) is 0 Å². The Hall–Kier alpha value is -3.31. The van der Waals surface area contributed by atoms with Gasteiger partial charge >= 0.3 is 0 Å². The van der Waals surface area contributed by atoms with Crippen LogP contribution in [0, 0.1) is 27.7 Å². The molecule has 0 bridgehead atoms. The van der Waals surface area contributed by atoms with Crippen molar-refractivity contribution in [2.75, 3.05) is 11.1 Å². The van der Waals surface area contributed by atoms with Crippen LogP contribution in [0.15, 0.2) is 71.9 Å². The average Bonchev–Trinajstić information content (AvgIpc) is 3.21. The standard InChI is InChI=1S/C28H29N3OS/c1-18-5-10-22(11-6-18)26-27(23-12-7-19(2)8-13-23)31-28(30-26)33-16-15-25(32)29-24-14-9-20(3)17-21(24)4/h5-14,17H,15-16H2,1-4H3,(H,29,32)(H,30,31). The minimum absolute atomic E-state index is 0.0125. The van der Waals surface area contributed by atoms with Gasteiger partial charge in [-0.05, 0) is 39.3 Å². The van der Waals surface area contributed by atoms with Crippen molar-refractivity contribution in [1.82, 2.24) is 9.97 Å². The second-order valence-electron chi connectivity index (χ2n) is 8.46. The summed E-state index contributed by atoms with van der Waals surface area (Å²) < 4.78 is 0. The Kier molecular flexibility index (Phi) is 6.99. The van der Waals surface area contributed by atoms with Gasteiger partial charge in [0, 0.05) is 29.0 Å². The number of aromatic nitrogens is 2. The van der Waals surface area contributed by atoms with Crippen molar-refractivity contribution < 1.29 is 4.79 Å². The number of hydrogen-bond acceptors (Lipinski definition) is 3. The molecule has 0 aliphatic rings. The monoisotopic (exact) mass is 455 g/mol. The van der Waals surface area contributed by atoms with E-state index in [9.17, 15) is 4.79 Å². The van der Waals surface area contributed by atoms with Crippen LogP contribution < -0.4 is 5.32 Å². The molecule has 0 aliphatic heterocycles. The molecule has 0 spiro atoms. The number of carbonyl (C=O) groups is 1. The number of anilines is 1. The normalized spacial score (nSPS) is 10.9. The molecule has 168 valence electrons. The summed E-state index contributed by atoms with van der Waals surface area (Å²) in [4.78, 5) is 20.8. The highest BCUT2D eigenvalue weighted by atomic mass is 32.2. The van der Waals surface area contributed by atoms with E-state index < -0.39 is 0 Å². The zero-order valence-corrected chi connectivity index (χ0v) is 20.3. The molecule has 4 aromatic rings. The predicted octanol–water partition coefficient (Wildman–Crippen LogP) is 7.10. The lowest BCUT2D eigenvalue weighted by Gasteiger charge is -2.08. The van der Waals surface area contributed by atoms with Crippen LogP contribution in [0.5, 0.6) is 0 Å². The van der Waals surface area contributed by atoms with E-state index in [1.54, 1.807) is 11.8 Å². The highest BCUT2D eigenvalue weighted by Gasteiger charge is 2.15. The molecule has 33 heavy (non-hydrogen) atoms. The number of amides is 1. The van der Waals surface area contributed by atoms with Crippen LogP contribution in [0.1, 0.15) is 28.7 Å². The van der Waals surface area contributed by atoms with E-state index in [1.807, 2.05) is 26.0 Å². The quantitative estimate of drug-likeness (QED) is 0.292. The lowest BCUT2D eigenvalue weighted by molar-refractivity contribution is -0.115. The molecule has 3 aromatic carbocycles. The Balaban J connectivity index is 1.48. The van der Waals surface area contributed by atoms with E-state index in [0.717, 1.165) is 38.9 Å². The van der Waals surface area contributed by atoms with Gasteiger partial charge in [0.1, 0.15) is 0 Å². The Morgan fingerprint density at radius 1 is 0.848 bits per heavy atom. The number of nitrogens with zero attached hydrogens (tertiary/aromatic N) is 1. The lowest BCUT2D eigenvalue weighted by atomic mass is 10.0. The first-order valence-corrected chi connectivity index (χ1v) is 12.1. The molecule has 2 N–H and O–H groups in total. The Bertz CT molecular complexity index is 1190. The number of rotatable bonds is 7. The van der Waals surface area contributed by atoms with Crippen molar-refractivity contribution in [3.05, 3.63) is 89.0 Å². The maximum absolute atomic E-state index is 12.5. The number of H-pyrrole nitrogens is 1. The zero-order chi connectivity index (χ0) is 23.4. The second-order valence-corrected chi connectivity index (χ2v) is 9.55. The average molecular weight is 456 g/mol. The van der Waals surface area contributed by atoms with Crippen LogP contribution in [0.3, 0.4) is 0 Å². The molecule has 0 unspecified atom stereocenters. The third kappa shape index (κ3) is 5.74. The largest absolute Gasteiger partial charge is 0.332 e. The Morgan fingerprint density at radius 2 is 1.45 bits per heavy atom. The molecule has 1 aromatic heterocycles. The van der Waals surface area contributed by atoms with Crippen LogP contribution in [0.4, 0.5) is 5.69 Å². The molecule has 0 fully saturated rings. The summed E-state index contributed by atoms with van der Waals surface area (Å²) in [5, 5.41) is 3.84. The Morgan fingerprint density at radius 3 is 2.09 bits per heavy atom. The lowest BCUT2D eigenvalue weighted by Crippen LogP contribution is -2.13. The zero-order valence-electron chi connectivity index (χ0n) is 19.5. The summed E-state index contributed by atoms with van der Waals surface area (Å²) in [5.41, 5.74) is 9.68.